The lowest BCUT2D eigenvalue weighted by Gasteiger charge is -2.04. The number of carbonyl (C=O) groups excluding carboxylic acids is 1. The maximum absolute atomic E-state index is 11.8. The average molecular weight is 328 g/mol. The molecule has 122 valence electrons. The molecular formula is C19H24N2OS. The number of hydrogen-bond donors (Lipinski definition) is 1. The Labute approximate surface area is 142 Å². The lowest BCUT2D eigenvalue weighted by Crippen LogP contribution is -2.21. The van der Waals surface area contributed by atoms with Crippen molar-refractivity contribution in [3.63, 3.8) is 0 Å². The summed E-state index contributed by atoms with van der Waals surface area (Å²) in [5.74, 6) is 1.22. The molecule has 0 radical (unpaired) electrons. The molecule has 23 heavy (non-hydrogen) atoms. The molecule has 0 heterocycles. The van der Waals surface area contributed by atoms with Crippen LogP contribution in [0.4, 0.5) is 0 Å². The summed E-state index contributed by atoms with van der Waals surface area (Å²) in [5, 5.41) is 6.62. The van der Waals surface area contributed by atoms with Crippen molar-refractivity contribution in [2.45, 2.75) is 38.9 Å². The van der Waals surface area contributed by atoms with E-state index in [0.29, 0.717) is 5.75 Å². The molecule has 3 nitrogen and oxygen atoms in total. The van der Waals surface area contributed by atoms with Gasteiger partial charge in [-0.15, -0.1) is 11.8 Å². The second-order valence-corrected chi connectivity index (χ2v) is 6.65. The highest BCUT2D eigenvalue weighted by atomic mass is 32.2. The van der Waals surface area contributed by atoms with Gasteiger partial charge in [0.05, 0.1) is 5.75 Å². The molecule has 2 aromatic carbocycles. The summed E-state index contributed by atoms with van der Waals surface area (Å²) in [7, 11) is 0. The number of amides is 1. The van der Waals surface area contributed by atoms with Gasteiger partial charge in [-0.05, 0) is 36.1 Å². The Kier molecular flexibility index (Phi) is 7.14. The molecule has 0 aliphatic rings. The summed E-state index contributed by atoms with van der Waals surface area (Å²) in [6, 6.07) is 14.8. The Bertz CT molecular complexity index is 682. The van der Waals surface area contributed by atoms with E-state index in [0.717, 1.165) is 30.7 Å². The minimum atomic E-state index is -0.0355. The van der Waals surface area contributed by atoms with Crippen LogP contribution in [0.25, 0.3) is 10.8 Å². The molecule has 0 saturated heterocycles. The normalized spacial score (nSPS) is 11.7. The molecule has 0 bridgehead atoms. The zero-order valence-corrected chi connectivity index (χ0v) is 14.7. The Hall–Kier alpha value is -1.81. The molecule has 0 spiro atoms. The molecule has 0 aliphatic carbocycles. The van der Waals surface area contributed by atoms with Crippen LogP contribution >= 0.6 is 11.8 Å². The van der Waals surface area contributed by atoms with Gasteiger partial charge >= 0.3 is 0 Å². The third-order valence-electron chi connectivity index (χ3n) is 3.58. The van der Waals surface area contributed by atoms with Crippen LogP contribution in [-0.2, 0) is 10.5 Å². The first-order chi connectivity index (χ1) is 11.2. The number of thioether (sulfide) groups is 1. The van der Waals surface area contributed by atoms with E-state index in [4.69, 9.17) is 0 Å². The van der Waals surface area contributed by atoms with E-state index in [1.165, 1.54) is 16.3 Å². The molecule has 0 fully saturated rings. The van der Waals surface area contributed by atoms with E-state index in [9.17, 15) is 4.79 Å². The van der Waals surface area contributed by atoms with Gasteiger partial charge < -0.3 is 0 Å². The van der Waals surface area contributed by atoms with Crippen LogP contribution in [-0.4, -0.2) is 17.4 Å². The average Bonchev–Trinajstić information content (AvgIpc) is 2.58. The van der Waals surface area contributed by atoms with E-state index in [-0.39, 0.29) is 5.91 Å². The molecule has 4 heteroatoms. The highest BCUT2D eigenvalue weighted by Crippen LogP contribution is 2.19. The number of fused-ring (bicyclic) bond motifs is 1. The first-order valence-electron chi connectivity index (χ1n) is 8.06. The van der Waals surface area contributed by atoms with Crippen LogP contribution in [0, 0.1) is 0 Å². The third-order valence-corrected chi connectivity index (χ3v) is 4.58. The van der Waals surface area contributed by atoms with Crippen molar-refractivity contribution in [2.75, 3.05) is 5.75 Å². The fraction of sp³-hybridized carbons (Fsp3) is 0.368. The Morgan fingerprint density at radius 1 is 1.17 bits per heavy atom. The number of rotatable bonds is 8. The summed E-state index contributed by atoms with van der Waals surface area (Å²) in [6.45, 7) is 4.10. The topological polar surface area (TPSA) is 41.5 Å². The monoisotopic (exact) mass is 328 g/mol. The largest absolute Gasteiger partial charge is 0.272 e. The Balaban J connectivity index is 1.76. The first kappa shape index (κ1) is 17.5. The van der Waals surface area contributed by atoms with Crippen molar-refractivity contribution in [1.29, 1.82) is 0 Å². The second kappa shape index (κ2) is 9.36. The maximum atomic E-state index is 11.8. The van der Waals surface area contributed by atoms with Crippen molar-refractivity contribution < 1.29 is 4.79 Å². The second-order valence-electron chi connectivity index (χ2n) is 5.66. The number of nitrogens with one attached hydrogen (secondary N) is 1. The number of unbranched alkanes of at least 4 members (excludes halogenated alkanes) is 1. The minimum Gasteiger partial charge on any atom is -0.272 e. The number of carbonyl (C=O) groups is 1. The Morgan fingerprint density at radius 2 is 1.96 bits per heavy atom. The predicted octanol–water partition coefficient (Wildman–Crippen LogP) is 4.76. The number of benzene rings is 2. The molecule has 0 saturated carbocycles. The van der Waals surface area contributed by atoms with E-state index >= 15 is 0 Å². The van der Waals surface area contributed by atoms with Crippen LogP contribution in [0.1, 0.15) is 38.7 Å². The molecule has 2 aromatic rings. The molecule has 0 aromatic heterocycles. The predicted molar refractivity (Wildman–Crippen MR) is 101 cm³/mol. The van der Waals surface area contributed by atoms with Gasteiger partial charge in [0, 0.05) is 11.5 Å². The highest BCUT2D eigenvalue weighted by molar-refractivity contribution is 7.99. The van der Waals surface area contributed by atoms with Gasteiger partial charge in [-0.2, -0.15) is 5.10 Å². The smallest absolute Gasteiger partial charge is 0.250 e. The van der Waals surface area contributed by atoms with Crippen molar-refractivity contribution in [3.8, 4) is 0 Å². The van der Waals surface area contributed by atoms with E-state index in [2.05, 4.69) is 47.8 Å². The third kappa shape index (κ3) is 6.06. The SMILES string of the molecule is CCCC/C(C)=N\NC(=O)CSCc1ccc2ccccc2c1. The van der Waals surface area contributed by atoms with E-state index < -0.39 is 0 Å². The highest BCUT2D eigenvalue weighted by Gasteiger charge is 2.02. The van der Waals surface area contributed by atoms with Crippen LogP contribution in [0.2, 0.25) is 0 Å². The van der Waals surface area contributed by atoms with Gasteiger partial charge in [-0.1, -0.05) is 55.8 Å². The van der Waals surface area contributed by atoms with E-state index in [1.807, 2.05) is 19.1 Å². The summed E-state index contributed by atoms with van der Waals surface area (Å²) in [6.07, 6.45) is 3.20. The van der Waals surface area contributed by atoms with E-state index in [1.54, 1.807) is 11.8 Å². The molecular weight excluding hydrogens is 304 g/mol. The Morgan fingerprint density at radius 3 is 2.74 bits per heavy atom. The lowest BCUT2D eigenvalue weighted by atomic mass is 10.1. The summed E-state index contributed by atoms with van der Waals surface area (Å²) in [4.78, 5) is 11.8. The summed E-state index contributed by atoms with van der Waals surface area (Å²) >= 11 is 1.61. The fourth-order valence-corrected chi connectivity index (χ4v) is 3.04. The van der Waals surface area contributed by atoms with Gasteiger partial charge in [-0.3, -0.25) is 4.79 Å². The van der Waals surface area contributed by atoms with Gasteiger partial charge in [0.1, 0.15) is 0 Å². The number of nitrogens with zero attached hydrogens (tertiary/aromatic N) is 1. The molecule has 0 unspecified atom stereocenters. The van der Waals surface area contributed by atoms with Crippen LogP contribution in [0.3, 0.4) is 0 Å². The number of hydrogen-bond acceptors (Lipinski definition) is 3. The van der Waals surface area contributed by atoms with Gasteiger partial charge in [0.2, 0.25) is 5.91 Å². The van der Waals surface area contributed by atoms with Gasteiger partial charge in [0.15, 0.2) is 0 Å². The lowest BCUT2D eigenvalue weighted by molar-refractivity contribution is -0.118. The van der Waals surface area contributed by atoms with Crippen molar-refractivity contribution in [2.24, 2.45) is 5.10 Å². The van der Waals surface area contributed by atoms with Gasteiger partial charge in [0.25, 0.3) is 0 Å². The molecule has 2 rings (SSSR count). The standard InChI is InChI=1S/C19H24N2OS/c1-3-4-7-15(2)20-21-19(22)14-23-13-16-10-11-17-8-5-6-9-18(17)12-16/h5-6,8-12H,3-4,7,13-14H2,1-2H3,(H,21,22)/b20-15-. The maximum Gasteiger partial charge on any atom is 0.250 e. The van der Waals surface area contributed by atoms with Crippen LogP contribution in [0.5, 0.6) is 0 Å². The molecule has 0 atom stereocenters. The summed E-state index contributed by atoms with van der Waals surface area (Å²) in [5.41, 5.74) is 4.86. The van der Waals surface area contributed by atoms with Gasteiger partial charge in [-0.25, -0.2) is 5.43 Å². The van der Waals surface area contributed by atoms with Crippen molar-refractivity contribution >= 4 is 34.2 Å². The number of hydrazone groups is 1. The summed E-state index contributed by atoms with van der Waals surface area (Å²) < 4.78 is 0. The molecule has 1 N–H and O–H groups in total. The zero-order chi connectivity index (χ0) is 16.5. The molecule has 0 aliphatic heterocycles. The minimum absolute atomic E-state index is 0.0355. The fourth-order valence-electron chi connectivity index (χ4n) is 2.27. The van der Waals surface area contributed by atoms with Crippen LogP contribution in [0.15, 0.2) is 47.6 Å². The van der Waals surface area contributed by atoms with Crippen molar-refractivity contribution in [1.82, 2.24) is 5.43 Å². The molecule has 1 amide bonds. The zero-order valence-electron chi connectivity index (χ0n) is 13.8. The first-order valence-corrected chi connectivity index (χ1v) is 9.22. The van der Waals surface area contributed by atoms with Crippen molar-refractivity contribution in [3.05, 3.63) is 48.0 Å². The quantitative estimate of drug-likeness (QED) is 0.561. The van der Waals surface area contributed by atoms with Crippen LogP contribution < -0.4 is 5.43 Å².